The Morgan fingerprint density at radius 1 is 1.37 bits per heavy atom. The monoisotopic (exact) mass is 262 g/mol. The second-order valence-electron chi connectivity index (χ2n) is 5.86. The summed E-state index contributed by atoms with van der Waals surface area (Å²) in [5, 5.41) is 19.7. The topological polar surface area (TPSA) is 57.5 Å². The Bertz CT molecular complexity index is 447. The number of aryl methyl sites for hydroxylation is 1. The van der Waals surface area contributed by atoms with Gasteiger partial charge in [0, 0.05) is 0 Å². The molecule has 0 saturated heterocycles. The summed E-state index contributed by atoms with van der Waals surface area (Å²) in [6, 6.07) is 7.94. The quantitative estimate of drug-likeness (QED) is 0.857. The van der Waals surface area contributed by atoms with E-state index in [9.17, 15) is 15.0 Å². The summed E-state index contributed by atoms with van der Waals surface area (Å²) in [4.78, 5) is 11.4. The smallest absolute Gasteiger partial charge is 0.306 e. The number of hydrogen-bond donors (Lipinski definition) is 2. The van der Waals surface area contributed by atoms with Crippen LogP contribution in [0.15, 0.2) is 24.3 Å². The van der Waals surface area contributed by atoms with Gasteiger partial charge in [0.25, 0.3) is 0 Å². The van der Waals surface area contributed by atoms with Gasteiger partial charge in [-0.05, 0) is 38.2 Å². The molecule has 1 aromatic carbocycles. The first-order valence-corrected chi connectivity index (χ1v) is 6.99. The fourth-order valence-electron chi connectivity index (χ4n) is 3.07. The molecular formula is C16H22O3. The molecule has 1 aliphatic carbocycles. The van der Waals surface area contributed by atoms with Crippen molar-refractivity contribution in [3.05, 3.63) is 35.4 Å². The van der Waals surface area contributed by atoms with Crippen molar-refractivity contribution in [2.24, 2.45) is 5.92 Å². The Morgan fingerprint density at radius 3 is 2.63 bits per heavy atom. The number of carbonyl (C=O) groups is 1. The zero-order chi connectivity index (χ0) is 13.9. The Labute approximate surface area is 114 Å². The average Bonchev–Trinajstić information content (AvgIpc) is 2.75. The fraction of sp³-hybridized carbons (Fsp3) is 0.562. The van der Waals surface area contributed by atoms with Crippen molar-refractivity contribution in [1.82, 2.24) is 0 Å². The van der Waals surface area contributed by atoms with E-state index >= 15 is 0 Å². The van der Waals surface area contributed by atoms with Gasteiger partial charge in [-0.1, -0.05) is 42.7 Å². The van der Waals surface area contributed by atoms with Crippen molar-refractivity contribution < 1.29 is 15.0 Å². The van der Waals surface area contributed by atoms with Crippen LogP contribution in [0.4, 0.5) is 0 Å². The van der Waals surface area contributed by atoms with Gasteiger partial charge in [0.05, 0.1) is 11.5 Å². The minimum atomic E-state index is -0.804. The standard InChI is InChI=1S/C16H22O3/c1-12-5-4-6-13(9-12)10-14(15(17)18)11-16(19)7-2-3-8-16/h4-6,9,14,19H,2-3,7-8,10-11H2,1H3,(H,17,18). The summed E-state index contributed by atoms with van der Waals surface area (Å²) >= 11 is 0. The van der Waals surface area contributed by atoms with Gasteiger partial charge in [-0.3, -0.25) is 4.79 Å². The summed E-state index contributed by atoms with van der Waals surface area (Å²) in [5.74, 6) is -1.30. The molecule has 1 atom stereocenters. The molecule has 0 aromatic heterocycles. The predicted molar refractivity (Wildman–Crippen MR) is 74.0 cm³/mol. The van der Waals surface area contributed by atoms with Gasteiger partial charge >= 0.3 is 5.97 Å². The van der Waals surface area contributed by atoms with Gasteiger partial charge in [0.1, 0.15) is 0 Å². The SMILES string of the molecule is Cc1cccc(CC(CC2(O)CCCC2)C(=O)O)c1. The van der Waals surface area contributed by atoms with Crippen LogP contribution in [0.1, 0.15) is 43.2 Å². The molecule has 3 nitrogen and oxygen atoms in total. The average molecular weight is 262 g/mol. The number of hydrogen-bond acceptors (Lipinski definition) is 2. The molecule has 1 aliphatic rings. The van der Waals surface area contributed by atoms with Crippen LogP contribution in [0.25, 0.3) is 0 Å². The maximum absolute atomic E-state index is 11.4. The zero-order valence-electron chi connectivity index (χ0n) is 11.4. The summed E-state index contributed by atoms with van der Waals surface area (Å²) in [5.41, 5.74) is 1.42. The molecule has 1 saturated carbocycles. The number of aliphatic carboxylic acids is 1. The Morgan fingerprint density at radius 2 is 2.05 bits per heavy atom. The number of carboxylic acid groups (broad SMARTS) is 1. The molecule has 1 unspecified atom stereocenters. The van der Waals surface area contributed by atoms with Crippen LogP contribution < -0.4 is 0 Å². The first-order valence-electron chi connectivity index (χ1n) is 6.99. The third kappa shape index (κ3) is 3.80. The minimum Gasteiger partial charge on any atom is -0.481 e. The maximum Gasteiger partial charge on any atom is 0.306 e. The van der Waals surface area contributed by atoms with Gasteiger partial charge in [-0.2, -0.15) is 0 Å². The van der Waals surface area contributed by atoms with Crippen molar-refractivity contribution >= 4 is 5.97 Å². The molecule has 0 amide bonds. The lowest BCUT2D eigenvalue weighted by molar-refractivity contribution is -0.144. The molecule has 0 spiro atoms. The molecule has 1 aromatic rings. The highest BCUT2D eigenvalue weighted by Crippen LogP contribution is 2.35. The molecule has 1 fully saturated rings. The van der Waals surface area contributed by atoms with Crippen molar-refractivity contribution in [3.63, 3.8) is 0 Å². The molecule has 0 bridgehead atoms. The van der Waals surface area contributed by atoms with E-state index in [1.807, 2.05) is 31.2 Å². The van der Waals surface area contributed by atoms with Crippen LogP contribution in [-0.4, -0.2) is 21.8 Å². The maximum atomic E-state index is 11.4. The lowest BCUT2D eigenvalue weighted by Gasteiger charge is -2.26. The van der Waals surface area contributed by atoms with Gasteiger partial charge < -0.3 is 10.2 Å². The highest BCUT2D eigenvalue weighted by atomic mass is 16.4. The molecule has 104 valence electrons. The third-order valence-corrected chi connectivity index (χ3v) is 4.07. The van der Waals surface area contributed by atoms with Gasteiger partial charge in [0.2, 0.25) is 0 Å². The lowest BCUT2D eigenvalue weighted by atomic mass is 9.85. The van der Waals surface area contributed by atoms with Crippen LogP contribution in [0.5, 0.6) is 0 Å². The van der Waals surface area contributed by atoms with E-state index in [0.29, 0.717) is 12.8 Å². The van der Waals surface area contributed by atoms with Crippen LogP contribution in [0.3, 0.4) is 0 Å². The Balaban J connectivity index is 2.06. The molecule has 0 radical (unpaired) electrons. The second-order valence-corrected chi connectivity index (χ2v) is 5.86. The number of rotatable bonds is 5. The molecule has 3 heteroatoms. The number of benzene rings is 1. The molecule has 0 heterocycles. The molecule has 2 rings (SSSR count). The van der Waals surface area contributed by atoms with Crippen LogP contribution in [0, 0.1) is 12.8 Å². The molecule has 0 aliphatic heterocycles. The van der Waals surface area contributed by atoms with E-state index in [4.69, 9.17) is 0 Å². The van der Waals surface area contributed by atoms with E-state index < -0.39 is 17.5 Å². The third-order valence-electron chi connectivity index (χ3n) is 4.07. The van der Waals surface area contributed by atoms with E-state index in [1.54, 1.807) is 0 Å². The van der Waals surface area contributed by atoms with E-state index in [0.717, 1.165) is 36.8 Å². The zero-order valence-corrected chi connectivity index (χ0v) is 11.4. The first kappa shape index (κ1) is 14.1. The highest BCUT2D eigenvalue weighted by Gasteiger charge is 2.36. The first-order chi connectivity index (χ1) is 8.98. The van der Waals surface area contributed by atoms with E-state index in [2.05, 4.69) is 0 Å². The number of aliphatic hydroxyl groups is 1. The second kappa shape index (κ2) is 5.74. The van der Waals surface area contributed by atoms with Gasteiger partial charge in [-0.25, -0.2) is 0 Å². The minimum absolute atomic E-state index is 0.371. The van der Waals surface area contributed by atoms with E-state index in [-0.39, 0.29) is 0 Å². The summed E-state index contributed by atoms with van der Waals surface area (Å²) in [6.07, 6.45) is 4.37. The summed E-state index contributed by atoms with van der Waals surface area (Å²) in [6.45, 7) is 2.00. The van der Waals surface area contributed by atoms with Gasteiger partial charge in [0.15, 0.2) is 0 Å². The molecular weight excluding hydrogens is 240 g/mol. The van der Waals surface area contributed by atoms with Crippen LogP contribution in [0.2, 0.25) is 0 Å². The Hall–Kier alpha value is -1.35. The largest absolute Gasteiger partial charge is 0.481 e. The predicted octanol–water partition coefficient (Wildman–Crippen LogP) is 2.93. The summed E-state index contributed by atoms with van der Waals surface area (Å²) < 4.78 is 0. The summed E-state index contributed by atoms with van der Waals surface area (Å²) in [7, 11) is 0. The van der Waals surface area contributed by atoms with Crippen molar-refractivity contribution in [2.75, 3.05) is 0 Å². The van der Waals surface area contributed by atoms with Crippen molar-refractivity contribution in [1.29, 1.82) is 0 Å². The molecule has 19 heavy (non-hydrogen) atoms. The van der Waals surface area contributed by atoms with Crippen molar-refractivity contribution in [3.8, 4) is 0 Å². The normalized spacial score (nSPS) is 19.3. The Kier molecular flexibility index (Phi) is 4.25. The van der Waals surface area contributed by atoms with Gasteiger partial charge in [-0.15, -0.1) is 0 Å². The number of carboxylic acids is 1. The van der Waals surface area contributed by atoms with Crippen LogP contribution in [-0.2, 0) is 11.2 Å². The van der Waals surface area contributed by atoms with Crippen molar-refractivity contribution in [2.45, 2.75) is 51.0 Å². The lowest BCUT2D eigenvalue weighted by Crippen LogP contribution is -2.32. The molecule has 2 N–H and O–H groups in total. The van der Waals surface area contributed by atoms with E-state index in [1.165, 1.54) is 0 Å². The highest BCUT2D eigenvalue weighted by molar-refractivity contribution is 5.70. The van der Waals surface area contributed by atoms with Crippen LogP contribution >= 0.6 is 0 Å². The fourth-order valence-corrected chi connectivity index (χ4v) is 3.07.